The van der Waals surface area contributed by atoms with Crippen LogP contribution in [-0.2, 0) is 6.61 Å². The molecule has 4 rings (SSSR count). The highest BCUT2D eigenvalue weighted by molar-refractivity contribution is 5.79. The Morgan fingerprint density at radius 2 is 1.59 bits per heavy atom. The van der Waals surface area contributed by atoms with Crippen LogP contribution in [0.15, 0.2) is 71.5 Å². The second-order valence-electron chi connectivity index (χ2n) is 6.40. The molecule has 1 N–H and O–H groups in total. The largest absolute Gasteiger partial charge is 0.496 e. The van der Waals surface area contributed by atoms with E-state index in [0.29, 0.717) is 34.0 Å². The number of methoxy groups -OCH3 is 2. The van der Waals surface area contributed by atoms with Gasteiger partial charge in [0, 0.05) is 11.1 Å². The topological polar surface area (TPSA) is 73.4 Å². The van der Waals surface area contributed by atoms with Gasteiger partial charge < -0.3 is 19.2 Å². The minimum absolute atomic E-state index is 0.173. The molecule has 6 heteroatoms. The normalized spacial score (nSPS) is 10.7. The van der Waals surface area contributed by atoms with Gasteiger partial charge in [-0.3, -0.25) is 4.79 Å². The lowest BCUT2D eigenvalue weighted by Gasteiger charge is -2.14. The molecule has 29 heavy (non-hydrogen) atoms. The fraction of sp³-hybridized carbons (Fsp3) is 0.130. The van der Waals surface area contributed by atoms with E-state index in [1.165, 1.54) is 0 Å². The molecule has 0 aliphatic rings. The Bertz CT molecular complexity index is 1220. The number of fused-ring (bicyclic) bond motifs is 1. The summed E-state index contributed by atoms with van der Waals surface area (Å²) < 4.78 is 16.7. The van der Waals surface area contributed by atoms with Crippen LogP contribution in [0.25, 0.3) is 22.3 Å². The summed E-state index contributed by atoms with van der Waals surface area (Å²) in [5, 5.41) is 0.560. The van der Waals surface area contributed by atoms with Crippen molar-refractivity contribution < 1.29 is 14.2 Å². The Morgan fingerprint density at radius 1 is 0.862 bits per heavy atom. The molecule has 0 spiro atoms. The van der Waals surface area contributed by atoms with Crippen LogP contribution >= 0.6 is 0 Å². The van der Waals surface area contributed by atoms with E-state index in [9.17, 15) is 4.79 Å². The minimum atomic E-state index is -0.173. The maximum atomic E-state index is 12.4. The molecule has 1 aromatic heterocycles. The summed E-state index contributed by atoms with van der Waals surface area (Å²) >= 11 is 0. The smallest absolute Gasteiger partial charge is 0.259 e. The SMILES string of the molecule is COc1ccc(-c2nc3ccccc3c(=O)[nH]2)cc1COc1ccccc1OC. The molecule has 146 valence electrons. The van der Waals surface area contributed by atoms with E-state index < -0.39 is 0 Å². The predicted molar refractivity (Wildman–Crippen MR) is 112 cm³/mol. The number of benzene rings is 3. The Balaban J connectivity index is 1.69. The van der Waals surface area contributed by atoms with Gasteiger partial charge in [-0.2, -0.15) is 0 Å². The number of rotatable bonds is 6. The Hall–Kier alpha value is -3.80. The number of aromatic nitrogens is 2. The molecule has 0 aliphatic carbocycles. The van der Waals surface area contributed by atoms with Crippen LogP contribution in [0.2, 0.25) is 0 Å². The van der Waals surface area contributed by atoms with E-state index >= 15 is 0 Å². The van der Waals surface area contributed by atoms with Gasteiger partial charge in [-0.15, -0.1) is 0 Å². The summed E-state index contributed by atoms with van der Waals surface area (Å²) in [5.41, 5.74) is 2.07. The summed E-state index contributed by atoms with van der Waals surface area (Å²) in [7, 11) is 3.21. The zero-order chi connectivity index (χ0) is 20.2. The number of hydrogen-bond acceptors (Lipinski definition) is 5. The van der Waals surface area contributed by atoms with Gasteiger partial charge >= 0.3 is 0 Å². The van der Waals surface area contributed by atoms with E-state index in [1.54, 1.807) is 20.3 Å². The maximum absolute atomic E-state index is 12.4. The van der Waals surface area contributed by atoms with Crippen molar-refractivity contribution in [1.82, 2.24) is 9.97 Å². The first-order valence-corrected chi connectivity index (χ1v) is 9.12. The van der Waals surface area contributed by atoms with Crippen LogP contribution < -0.4 is 19.8 Å². The van der Waals surface area contributed by atoms with Crippen LogP contribution in [0, 0.1) is 0 Å². The van der Waals surface area contributed by atoms with E-state index in [0.717, 1.165) is 11.1 Å². The van der Waals surface area contributed by atoms with Crippen molar-refractivity contribution in [3.05, 3.63) is 82.6 Å². The lowest BCUT2D eigenvalue weighted by atomic mass is 10.1. The second-order valence-corrected chi connectivity index (χ2v) is 6.40. The van der Waals surface area contributed by atoms with Gasteiger partial charge in [0.05, 0.1) is 25.1 Å². The molecule has 0 saturated carbocycles. The third kappa shape index (κ3) is 3.78. The molecule has 0 atom stereocenters. The molecule has 3 aromatic carbocycles. The number of hydrogen-bond donors (Lipinski definition) is 1. The number of H-pyrrole nitrogens is 1. The molecule has 0 fully saturated rings. The van der Waals surface area contributed by atoms with Crippen molar-refractivity contribution >= 4 is 10.9 Å². The van der Waals surface area contributed by atoms with Crippen molar-refractivity contribution in [3.8, 4) is 28.6 Å². The van der Waals surface area contributed by atoms with Crippen LogP contribution in [-0.4, -0.2) is 24.2 Å². The summed E-state index contributed by atoms with van der Waals surface area (Å²) in [6.45, 7) is 0.273. The molecule has 0 radical (unpaired) electrons. The average Bonchev–Trinajstić information content (AvgIpc) is 2.77. The van der Waals surface area contributed by atoms with Gasteiger partial charge in [0.25, 0.3) is 5.56 Å². The first kappa shape index (κ1) is 18.6. The van der Waals surface area contributed by atoms with Crippen molar-refractivity contribution in [2.45, 2.75) is 6.61 Å². The standard InChI is InChI=1S/C23H20N2O4/c1-27-19-12-11-15(22-24-18-8-4-3-7-17(18)23(26)25-22)13-16(19)14-29-21-10-6-5-9-20(21)28-2/h3-13H,14H2,1-2H3,(H,24,25,26). The van der Waals surface area contributed by atoms with Gasteiger partial charge in [-0.25, -0.2) is 4.98 Å². The molecule has 0 aliphatic heterocycles. The zero-order valence-corrected chi connectivity index (χ0v) is 16.1. The summed E-state index contributed by atoms with van der Waals surface area (Å²) in [4.78, 5) is 19.8. The first-order valence-electron chi connectivity index (χ1n) is 9.12. The zero-order valence-electron chi connectivity index (χ0n) is 16.1. The van der Waals surface area contributed by atoms with Gasteiger partial charge in [0.15, 0.2) is 11.5 Å². The van der Waals surface area contributed by atoms with Crippen LogP contribution in [0.3, 0.4) is 0 Å². The highest BCUT2D eigenvalue weighted by Gasteiger charge is 2.11. The van der Waals surface area contributed by atoms with Crippen LogP contribution in [0.5, 0.6) is 17.2 Å². The van der Waals surface area contributed by atoms with E-state index in [1.807, 2.05) is 60.7 Å². The minimum Gasteiger partial charge on any atom is -0.496 e. The van der Waals surface area contributed by atoms with E-state index in [4.69, 9.17) is 14.2 Å². The molecular weight excluding hydrogens is 368 g/mol. The molecule has 0 bridgehead atoms. The average molecular weight is 388 g/mol. The Morgan fingerprint density at radius 3 is 2.38 bits per heavy atom. The maximum Gasteiger partial charge on any atom is 0.259 e. The van der Waals surface area contributed by atoms with Crippen LogP contribution in [0.4, 0.5) is 0 Å². The van der Waals surface area contributed by atoms with Crippen molar-refractivity contribution in [2.24, 2.45) is 0 Å². The van der Waals surface area contributed by atoms with Crippen LogP contribution in [0.1, 0.15) is 5.56 Å². The quantitative estimate of drug-likeness (QED) is 0.536. The predicted octanol–water partition coefficient (Wildman–Crippen LogP) is 4.19. The van der Waals surface area contributed by atoms with Crippen molar-refractivity contribution in [3.63, 3.8) is 0 Å². The van der Waals surface area contributed by atoms with Crippen molar-refractivity contribution in [1.29, 1.82) is 0 Å². The number of para-hydroxylation sites is 3. The monoisotopic (exact) mass is 388 g/mol. The molecule has 0 saturated heterocycles. The fourth-order valence-corrected chi connectivity index (χ4v) is 3.16. The van der Waals surface area contributed by atoms with Gasteiger partial charge in [-0.05, 0) is 42.5 Å². The number of ether oxygens (including phenoxy) is 3. The third-order valence-corrected chi connectivity index (χ3v) is 4.62. The molecule has 0 unspecified atom stereocenters. The lowest BCUT2D eigenvalue weighted by molar-refractivity contribution is 0.278. The van der Waals surface area contributed by atoms with Gasteiger partial charge in [0.1, 0.15) is 18.2 Å². The highest BCUT2D eigenvalue weighted by atomic mass is 16.5. The van der Waals surface area contributed by atoms with Gasteiger partial charge in [0.2, 0.25) is 0 Å². The summed E-state index contributed by atoms with van der Waals surface area (Å²) in [6.07, 6.45) is 0. The highest BCUT2D eigenvalue weighted by Crippen LogP contribution is 2.30. The lowest BCUT2D eigenvalue weighted by Crippen LogP contribution is -2.09. The van der Waals surface area contributed by atoms with Crippen molar-refractivity contribution in [2.75, 3.05) is 14.2 Å². The molecule has 4 aromatic rings. The molecule has 6 nitrogen and oxygen atoms in total. The molecule has 0 amide bonds. The summed E-state index contributed by atoms with van der Waals surface area (Å²) in [6, 6.07) is 20.3. The Kier molecular flexibility index (Phi) is 5.16. The second kappa shape index (κ2) is 8.06. The first-order chi connectivity index (χ1) is 14.2. The summed E-state index contributed by atoms with van der Waals surface area (Å²) in [5.74, 6) is 2.48. The van der Waals surface area contributed by atoms with E-state index in [2.05, 4.69) is 9.97 Å². The number of aromatic amines is 1. The Labute approximate surface area is 167 Å². The molecular formula is C23H20N2O4. The molecule has 1 heterocycles. The number of nitrogens with zero attached hydrogens (tertiary/aromatic N) is 1. The third-order valence-electron chi connectivity index (χ3n) is 4.62. The number of nitrogens with one attached hydrogen (secondary N) is 1. The fourth-order valence-electron chi connectivity index (χ4n) is 3.16. The van der Waals surface area contributed by atoms with Gasteiger partial charge in [-0.1, -0.05) is 24.3 Å². The van der Waals surface area contributed by atoms with E-state index in [-0.39, 0.29) is 12.2 Å².